The first-order valence-corrected chi connectivity index (χ1v) is 5.25. The molecule has 0 atom stereocenters. The van der Waals surface area contributed by atoms with Crippen molar-refractivity contribution in [2.45, 2.75) is 26.2 Å². The highest BCUT2D eigenvalue weighted by molar-refractivity contribution is 6.03. The van der Waals surface area contributed by atoms with E-state index in [1.807, 2.05) is 0 Å². The quantitative estimate of drug-likeness (QED) is 0.624. The number of nitrogens with two attached hydrogens (primary N) is 1. The third-order valence-electron chi connectivity index (χ3n) is 3.04. The number of hydrogen-bond donors (Lipinski definition) is 2. The monoisotopic (exact) mass is 228 g/mol. The van der Waals surface area contributed by atoms with E-state index in [4.69, 9.17) is 10.8 Å². The zero-order valence-electron chi connectivity index (χ0n) is 9.23. The van der Waals surface area contributed by atoms with Crippen LogP contribution in [0.3, 0.4) is 0 Å². The lowest BCUT2D eigenvalue weighted by atomic mass is 9.67. The summed E-state index contributed by atoms with van der Waals surface area (Å²) in [5, 5.41) is 9.07. The minimum absolute atomic E-state index is 0.218. The molecule has 6 nitrogen and oxygen atoms in total. The lowest BCUT2D eigenvalue weighted by Gasteiger charge is -2.39. The number of aliphatic carboxylic acids is 1. The van der Waals surface area contributed by atoms with E-state index in [0.29, 0.717) is 12.8 Å². The number of rotatable bonds is 5. The third kappa shape index (κ3) is 2.00. The van der Waals surface area contributed by atoms with Crippen molar-refractivity contribution in [2.75, 3.05) is 13.1 Å². The molecule has 0 saturated heterocycles. The van der Waals surface area contributed by atoms with Gasteiger partial charge in [-0.3, -0.25) is 14.4 Å². The molecule has 1 saturated carbocycles. The zero-order chi connectivity index (χ0) is 12.3. The molecule has 3 N–H and O–H groups in total. The maximum atomic E-state index is 12.0. The van der Waals surface area contributed by atoms with Crippen LogP contribution in [0.25, 0.3) is 0 Å². The van der Waals surface area contributed by atoms with Crippen LogP contribution in [0.4, 0.5) is 0 Å². The van der Waals surface area contributed by atoms with Gasteiger partial charge in [-0.15, -0.1) is 0 Å². The van der Waals surface area contributed by atoms with Gasteiger partial charge in [-0.2, -0.15) is 0 Å². The normalized spacial score (nSPS) is 17.3. The molecule has 0 spiro atoms. The molecule has 1 rings (SSSR count). The second-order valence-electron chi connectivity index (χ2n) is 4.03. The average molecular weight is 228 g/mol. The predicted octanol–water partition coefficient (Wildman–Crippen LogP) is -0.425. The predicted molar refractivity (Wildman–Crippen MR) is 55.4 cm³/mol. The summed E-state index contributed by atoms with van der Waals surface area (Å²) in [4.78, 5) is 35.0. The van der Waals surface area contributed by atoms with E-state index in [0.717, 1.165) is 6.42 Å². The number of carboxylic acid groups (broad SMARTS) is 1. The highest BCUT2D eigenvalue weighted by atomic mass is 16.4. The number of carboxylic acids is 1. The SMILES string of the molecule is CCN(CC(N)=O)C(=O)C1(C(=O)O)CCC1. The smallest absolute Gasteiger partial charge is 0.319 e. The molecule has 2 amide bonds. The summed E-state index contributed by atoms with van der Waals surface area (Å²) in [6.07, 6.45) is 1.42. The molecule has 90 valence electrons. The van der Waals surface area contributed by atoms with Crippen LogP contribution in [-0.2, 0) is 14.4 Å². The molecule has 6 heteroatoms. The Morgan fingerprint density at radius 3 is 2.19 bits per heavy atom. The molecule has 0 unspecified atom stereocenters. The Morgan fingerprint density at radius 1 is 1.38 bits per heavy atom. The second-order valence-corrected chi connectivity index (χ2v) is 4.03. The Labute approximate surface area is 93.4 Å². The Hall–Kier alpha value is -1.59. The maximum Gasteiger partial charge on any atom is 0.319 e. The van der Waals surface area contributed by atoms with Crippen LogP contribution in [-0.4, -0.2) is 40.9 Å². The summed E-state index contributed by atoms with van der Waals surface area (Å²) in [6, 6.07) is 0. The van der Waals surface area contributed by atoms with Crippen LogP contribution >= 0.6 is 0 Å². The van der Waals surface area contributed by atoms with E-state index in [1.54, 1.807) is 6.92 Å². The lowest BCUT2D eigenvalue weighted by molar-refractivity contribution is -0.168. The summed E-state index contributed by atoms with van der Waals surface area (Å²) < 4.78 is 0. The Morgan fingerprint density at radius 2 is 1.94 bits per heavy atom. The first-order valence-electron chi connectivity index (χ1n) is 5.25. The maximum absolute atomic E-state index is 12.0. The Kier molecular flexibility index (Phi) is 3.51. The summed E-state index contributed by atoms with van der Waals surface area (Å²) in [7, 11) is 0. The van der Waals surface area contributed by atoms with Gasteiger partial charge < -0.3 is 15.7 Å². The molecule has 1 aliphatic rings. The number of primary amides is 1. The van der Waals surface area contributed by atoms with Crippen molar-refractivity contribution < 1.29 is 19.5 Å². The van der Waals surface area contributed by atoms with Crippen molar-refractivity contribution in [3.8, 4) is 0 Å². The van der Waals surface area contributed by atoms with Crippen LogP contribution < -0.4 is 5.73 Å². The minimum atomic E-state index is -1.31. The number of amides is 2. The topological polar surface area (TPSA) is 101 Å². The highest BCUT2D eigenvalue weighted by Gasteiger charge is 2.52. The van der Waals surface area contributed by atoms with Crippen molar-refractivity contribution in [2.24, 2.45) is 11.1 Å². The van der Waals surface area contributed by atoms with Crippen molar-refractivity contribution in [3.63, 3.8) is 0 Å². The molecule has 0 radical (unpaired) electrons. The van der Waals surface area contributed by atoms with Gasteiger partial charge in [0.2, 0.25) is 11.8 Å². The average Bonchev–Trinajstić information content (AvgIpc) is 2.10. The zero-order valence-corrected chi connectivity index (χ0v) is 9.23. The molecule has 16 heavy (non-hydrogen) atoms. The fraction of sp³-hybridized carbons (Fsp3) is 0.700. The van der Waals surface area contributed by atoms with Crippen molar-refractivity contribution in [3.05, 3.63) is 0 Å². The lowest BCUT2D eigenvalue weighted by Crippen LogP contribution is -2.54. The van der Waals surface area contributed by atoms with E-state index >= 15 is 0 Å². The van der Waals surface area contributed by atoms with Gasteiger partial charge >= 0.3 is 5.97 Å². The number of likely N-dealkylation sites (N-methyl/N-ethyl adjacent to an activating group) is 1. The number of carbonyl (C=O) groups is 3. The van der Waals surface area contributed by atoms with Crippen molar-refractivity contribution in [1.29, 1.82) is 0 Å². The molecule has 0 aliphatic heterocycles. The van der Waals surface area contributed by atoms with Crippen LogP contribution in [0, 0.1) is 5.41 Å². The van der Waals surface area contributed by atoms with Gasteiger partial charge in [0.1, 0.15) is 5.41 Å². The van der Waals surface area contributed by atoms with Crippen LogP contribution in [0.2, 0.25) is 0 Å². The molecule has 1 aliphatic carbocycles. The summed E-state index contributed by atoms with van der Waals surface area (Å²) in [5.74, 6) is -2.23. The van der Waals surface area contributed by atoms with E-state index in [2.05, 4.69) is 0 Å². The number of nitrogens with zero attached hydrogens (tertiary/aromatic N) is 1. The molecular formula is C10H16N2O4. The molecule has 0 aromatic heterocycles. The second kappa shape index (κ2) is 4.51. The minimum Gasteiger partial charge on any atom is -0.480 e. The van der Waals surface area contributed by atoms with E-state index in [-0.39, 0.29) is 13.1 Å². The Balaban J connectivity index is 2.81. The van der Waals surface area contributed by atoms with Gasteiger partial charge in [0.25, 0.3) is 0 Å². The van der Waals surface area contributed by atoms with Gasteiger partial charge in [0.15, 0.2) is 0 Å². The van der Waals surface area contributed by atoms with Gasteiger partial charge in [-0.25, -0.2) is 0 Å². The van der Waals surface area contributed by atoms with Crippen molar-refractivity contribution in [1.82, 2.24) is 4.90 Å². The van der Waals surface area contributed by atoms with Crippen LogP contribution in [0.5, 0.6) is 0 Å². The van der Waals surface area contributed by atoms with E-state index in [9.17, 15) is 14.4 Å². The third-order valence-corrected chi connectivity index (χ3v) is 3.04. The molecule has 0 aromatic carbocycles. The van der Waals surface area contributed by atoms with Crippen molar-refractivity contribution >= 4 is 17.8 Å². The fourth-order valence-corrected chi connectivity index (χ4v) is 1.87. The van der Waals surface area contributed by atoms with Gasteiger partial charge in [-0.05, 0) is 19.8 Å². The first kappa shape index (κ1) is 12.5. The summed E-state index contributed by atoms with van der Waals surface area (Å²) in [6.45, 7) is 1.76. The van der Waals surface area contributed by atoms with Gasteiger partial charge in [0, 0.05) is 6.54 Å². The number of hydrogen-bond acceptors (Lipinski definition) is 3. The molecule has 1 fully saturated rings. The summed E-state index contributed by atoms with van der Waals surface area (Å²) >= 11 is 0. The van der Waals surface area contributed by atoms with Crippen LogP contribution in [0.1, 0.15) is 26.2 Å². The van der Waals surface area contributed by atoms with Gasteiger partial charge in [0.05, 0.1) is 6.54 Å². The molecule has 0 aromatic rings. The number of carbonyl (C=O) groups excluding carboxylic acids is 2. The highest BCUT2D eigenvalue weighted by Crippen LogP contribution is 2.42. The van der Waals surface area contributed by atoms with Crippen LogP contribution in [0.15, 0.2) is 0 Å². The fourth-order valence-electron chi connectivity index (χ4n) is 1.87. The summed E-state index contributed by atoms with van der Waals surface area (Å²) in [5.41, 5.74) is 3.69. The largest absolute Gasteiger partial charge is 0.480 e. The molecule has 0 heterocycles. The first-order chi connectivity index (χ1) is 7.44. The molecular weight excluding hydrogens is 212 g/mol. The Bertz CT molecular complexity index is 323. The van der Waals surface area contributed by atoms with E-state index < -0.39 is 23.2 Å². The molecule has 0 bridgehead atoms. The standard InChI is InChI=1S/C10H16N2O4/c1-2-12(6-7(11)13)8(14)10(9(15)16)4-3-5-10/h2-6H2,1H3,(H2,11,13)(H,15,16). The van der Waals surface area contributed by atoms with Gasteiger partial charge in [-0.1, -0.05) is 6.42 Å². The van der Waals surface area contributed by atoms with E-state index in [1.165, 1.54) is 4.90 Å².